The van der Waals surface area contributed by atoms with Crippen LogP contribution >= 0.6 is 11.6 Å². The number of nitrogens with one attached hydrogen (secondary N) is 1. The molecule has 5 aromatic rings. The van der Waals surface area contributed by atoms with E-state index >= 15 is 0 Å². The minimum absolute atomic E-state index is 0.229. The smallest absolute Gasteiger partial charge is 0.161 e. The van der Waals surface area contributed by atoms with Crippen LogP contribution in [0.2, 0.25) is 5.02 Å². The number of fused-ring (bicyclic) bond motifs is 1. The number of ether oxygens (including phenoxy) is 4. The molecule has 1 aliphatic heterocycles. The number of rotatable bonds is 11. The van der Waals surface area contributed by atoms with Gasteiger partial charge >= 0.3 is 0 Å². The summed E-state index contributed by atoms with van der Waals surface area (Å²) in [4.78, 5) is 8.52. The minimum Gasteiger partial charge on any atom is -0.488 e. The summed E-state index contributed by atoms with van der Waals surface area (Å²) < 4.78 is 26.0. The van der Waals surface area contributed by atoms with Gasteiger partial charge in [0, 0.05) is 55.6 Å². The average molecular weight is 622 g/mol. The standard InChI is InChI=1S/C35H32ClN5O4/c1-23-27(4-3-5-29(23)26-6-7-31-34(14-26)43-11-10-42-31)22-45-33-15-32(44-21-25-12-24(16-37)17-38-18-25)28(13-30(33)36)19-39-20-35-40-8-9-41(35)2/h3-9,12-15,17-18,39H,10-11,19-22H2,1-2H3. The molecule has 0 saturated heterocycles. The molecule has 2 aromatic heterocycles. The first-order chi connectivity index (χ1) is 22.0. The molecule has 0 atom stereocenters. The number of halogens is 1. The number of hydrogen-bond acceptors (Lipinski definition) is 8. The Bertz CT molecular complexity index is 1870. The molecule has 3 aromatic carbocycles. The lowest BCUT2D eigenvalue weighted by atomic mass is 9.96. The van der Waals surface area contributed by atoms with Crippen LogP contribution in [-0.4, -0.2) is 27.7 Å². The summed E-state index contributed by atoms with van der Waals surface area (Å²) >= 11 is 6.77. The van der Waals surface area contributed by atoms with E-state index in [-0.39, 0.29) is 6.61 Å². The van der Waals surface area contributed by atoms with E-state index in [4.69, 9.17) is 30.5 Å². The van der Waals surface area contributed by atoms with E-state index in [1.54, 1.807) is 18.5 Å². The molecule has 10 heteroatoms. The zero-order valence-corrected chi connectivity index (χ0v) is 25.8. The molecule has 9 nitrogen and oxygen atoms in total. The van der Waals surface area contributed by atoms with Gasteiger partial charge in [0.05, 0.1) is 17.1 Å². The SMILES string of the molecule is Cc1c(COc2cc(OCc3cncc(C#N)c3)c(CNCc3nccn3C)cc2Cl)cccc1-c1ccc2c(c1)OCCO2. The molecule has 0 spiro atoms. The highest BCUT2D eigenvalue weighted by molar-refractivity contribution is 6.32. The van der Waals surface area contributed by atoms with Crippen LogP contribution in [0.3, 0.4) is 0 Å². The molecule has 0 amide bonds. The second kappa shape index (κ2) is 13.7. The molecule has 1 aliphatic rings. The predicted octanol–water partition coefficient (Wildman–Crippen LogP) is 6.53. The molecule has 0 aliphatic carbocycles. The van der Waals surface area contributed by atoms with E-state index in [1.807, 2.05) is 60.3 Å². The third-order valence-corrected chi connectivity index (χ3v) is 7.93. The molecular formula is C35H32ClN5O4. The molecule has 0 radical (unpaired) electrons. The predicted molar refractivity (Wildman–Crippen MR) is 170 cm³/mol. The van der Waals surface area contributed by atoms with Gasteiger partial charge < -0.3 is 28.8 Å². The highest BCUT2D eigenvalue weighted by Crippen LogP contribution is 2.37. The fourth-order valence-corrected chi connectivity index (χ4v) is 5.38. The van der Waals surface area contributed by atoms with Crippen LogP contribution in [0.25, 0.3) is 11.1 Å². The maximum Gasteiger partial charge on any atom is 0.161 e. The highest BCUT2D eigenvalue weighted by Gasteiger charge is 2.16. The van der Waals surface area contributed by atoms with E-state index in [2.05, 4.69) is 34.3 Å². The molecule has 3 heterocycles. The maximum absolute atomic E-state index is 9.27. The zero-order valence-electron chi connectivity index (χ0n) is 25.0. The van der Waals surface area contributed by atoms with Crippen LogP contribution in [0.5, 0.6) is 23.0 Å². The van der Waals surface area contributed by atoms with Crippen LogP contribution in [0.15, 0.2) is 79.4 Å². The van der Waals surface area contributed by atoms with Crippen LogP contribution in [0.1, 0.15) is 33.6 Å². The van der Waals surface area contributed by atoms with Crippen molar-refractivity contribution in [2.45, 2.75) is 33.2 Å². The molecule has 6 rings (SSSR count). The maximum atomic E-state index is 9.27. The third kappa shape index (κ3) is 7.04. The van der Waals surface area contributed by atoms with Crippen molar-refractivity contribution in [3.05, 3.63) is 118 Å². The Hall–Kier alpha value is -5.04. The van der Waals surface area contributed by atoms with Crippen LogP contribution in [-0.2, 0) is 33.4 Å². The van der Waals surface area contributed by atoms with Crippen molar-refractivity contribution in [3.63, 3.8) is 0 Å². The largest absolute Gasteiger partial charge is 0.488 e. The lowest BCUT2D eigenvalue weighted by Gasteiger charge is -2.20. The number of nitriles is 1. The molecule has 45 heavy (non-hydrogen) atoms. The Morgan fingerprint density at radius 2 is 1.80 bits per heavy atom. The van der Waals surface area contributed by atoms with Crippen LogP contribution in [0.4, 0.5) is 0 Å². The Morgan fingerprint density at radius 3 is 2.62 bits per heavy atom. The summed E-state index contributed by atoms with van der Waals surface area (Å²) in [5.41, 5.74) is 6.38. The highest BCUT2D eigenvalue weighted by atomic mass is 35.5. The summed E-state index contributed by atoms with van der Waals surface area (Å²) in [6, 6.07) is 19.7. The Labute approximate surface area is 266 Å². The lowest BCUT2D eigenvalue weighted by Crippen LogP contribution is -2.16. The van der Waals surface area contributed by atoms with Gasteiger partial charge in [0.1, 0.15) is 49.8 Å². The fourth-order valence-electron chi connectivity index (χ4n) is 5.14. The van der Waals surface area contributed by atoms with Crippen molar-refractivity contribution in [2.24, 2.45) is 7.05 Å². The molecule has 0 bridgehead atoms. The van der Waals surface area contributed by atoms with Gasteiger partial charge in [-0.05, 0) is 53.4 Å². The van der Waals surface area contributed by atoms with E-state index in [1.165, 1.54) is 6.20 Å². The number of hydrogen-bond donors (Lipinski definition) is 1. The summed E-state index contributed by atoms with van der Waals surface area (Å²) in [6.45, 7) is 4.79. The molecule has 0 unspecified atom stereocenters. The van der Waals surface area contributed by atoms with Gasteiger partial charge in [0.2, 0.25) is 0 Å². The first-order valence-corrected chi connectivity index (χ1v) is 14.9. The minimum atomic E-state index is 0.229. The lowest BCUT2D eigenvalue weighted by molar-refractivity contribution is 0.171. The van der Waals surface area contributed by atoms with Gasteiger partial charge in [0.15, 0.2) is 11.5 Å². The second-order valence-electron chi connectivity index (χ2n) is 10.7. The molecule has 228 valence electrons. The van der Waals surface area contributed by atoms with Gasteiger partial charge in [-0.1, -0.05) is 35.9 Å². The molecule has 1 N–H and O–H groups in total. The van der Waals surface area contributed by atoms with Crippen LogP contribution < -0.4 is 24.3 Å². The first-order valence-electron chi connectivity index (χ1n) is 14.6. The van der Waals surface area contributed by atoms with E-state index in [9.17, 15) is 5.26 Å². The fraction of sp³-hybridized carbons (Fsp3) is 0.229. The van der Waals surface area contributed by atoms with Crippen molar-refractivity contribution in [1.82, 2.24) is 19.9 Å². The molecular weight excluding hydrogens is 590 g/mol. The quantitative estimate of drug-likeness (QED) is 0.177. The second-order valence-corrected chi connectivity index (χ2v) is 11.1. The first kappa shape index (κ1) is 30.0. The monoisotopic (exact) mass is 621 g/mol. The molecule has 0 fully saturated rings. The van der Waals surface area contributed by atoms with Crippen molar-refractivity contribution in [2.75, 3.05) is 13.2 Å². The number of nitrogens with zero attached hydrogens (tertiary/aromatic N) is 4. The Morgan fingerprint density at radius 1 is 0.956 bits per heavy atom. The average Bonchev–Trinajstić information content (AvgIpc) is 3.48. The van der Waals surface area contributed by atoms with E-state index in [0.717, 1.165) is 50.7 Å². The normalized spacial score (nSPS) is 12.0. The van der Waals surface area contributed by atoms with Gasteiger partial charge in [-0.2, -0.15) is 5.26 Å². The topological polar surface area (TPSA) is 103 Å². The third-order valence-electron chi connectivity index (χ3n) is 7.64. The number of pyridine rings is 1. The zero-order chi connectivity index (χ0) is 31.2. The van der Waals surface area contributed by atoms with Crippen LogP contribution in [0, 0.1) is 18.3 Å². The van der Waals surface area contributed by atoms with E-state index < -0.39 is 0 Å². The Kier molecular flexibility index (Phi) is 9.15. The van der Waals surface area contributed by atoms with Gasteiger partial charge in [-0.3, -0.25) is 4.98 Å². The van der Waals surface area contributed by atoms with Gasteiger partial charge in [-0.25, -0.2) is 4.98 Å². The number of aryl methyl sites for hydroxylation is 1. The number of benzene rings is 3. The Balaban J connectivity index is 1.21. The van der Waals surface area contributed by atoms with Crippen molar-refractivity contribution in [1.29, 1.82) is 5.26 Å². The van der Waals surface area contributed by atoms with Gasteiger partial charge in [-0.15, -0.1) is 0 Å². The van der Waals surface area contributed by atoms with Gasteiger partial charge in [0.25, 0.3) is 0 Å². The number of imidazole rings is 1. The summed E-state index contributed by atoms with van der Waals surface area (Å²) in [6.07, 6.45) is 6.89. The molecule has 0 saturated carbocycles. The van der Waals surface area contributed by atoms with E-state index in [0.29, 0.717) is 55.0 Å². The van der Waals surface area contributed by atoms with Crippen molar-refractivity contribution >= 4 is 11.6 Å². The van der Waals surface area contributed by atoms with Crippen molar-refractivity contribution < 1.29 is 18.9 Å². The summed E-state index contributed by atoms with van der Waals surface area (Å²) in [5, 5.41) is 13.2. The summed E-state index contributed by atoms with van der Waals surface area (Å²) in [5.74, 6) is 3.55. The van der Waals surface area contributed by atoms with Crippen molar-refractivity contribution in [3.8, 4) is 40.2 Å². The number of aromatic nitrogens is 3. The summed E-state index contributed by atoms with van der Waals surface area (Å²) in [7, 11) is 1.96.